The zero-order valence-corrected chi connectivity index (χ0v) is 12.8. The number of hydrogen-bond donors (Lipinski definition) is 0. The first kappa shape index (κ1) is 13.1. The molecule has 0 amide bonds. The van der Waals surface area contributed by atoms with Crippen molar-refractivity contribution in [1.82, 2.24) is 0 Å². The van der Waals surface area contributed by atoms with Gasteiger partial charge in [0, 0.05) is 16.7 Å². The second-order valence-electron chi connectivity index (χ2n) is 4.17. The summed E-state index contributed by atoms with van der Waals surface area (Å²) in [6, 6.07) is 12.9. The molecule has 17 heavy (non-hydrogen) atoms. The van der Waals surface area contributed by atoms with Gasteiger partial charge in [-0.15, -0.1) is 22.9 Å². The van der Waals surface area contributed by atoms with Gasteiger partial charge < -0.3 is 0 Å². The largest absolute Gasteiger partial charge is 0.133 e. The number of thiophene rings is 1. The van der Waals surface area contributed by atoms with E-state index in [2.05, 4.69) is 59.3 Å². The van der Waals surface area contributed by atoms with Crippen LogP contribution in [0.2, 0.25) is 0 Å². The van der Waals surface area contributed by atoms with Gasteiger partial charge in [0.15, 0.2) is 0 Å². The first-order chi connectivity index (χ1) is 8.19. The van der Waals surface area contributed by atoms with Crippen LogP contribution in [0.5, 0.6) is 0 Å². The lowest BCUT2D eigenvalue weighted by Gasteiger charge is -2.13. The van der Waals surface area contributed by atoms with Gasteiger partial charge in [-0.3, -0.25) is 0 Å². The third-order valence-electron chi connectivity index (χ3n) is 2.81. The number of hydrogen-bond acceptors (Lipinski definition) is 1. The molecule has 0 N–H and O–H groups in total. The molecule has 0 fully saturated rings. The van der Waals surface area contributed by atoms with Crippen molar-refractivity contribution >= 4 is 38.9 Å². The van der Waals surface area contributed by atoms with Gasteiger partial charge in [-0.25, -0.2) is 0 Å². The van der Waals surface area contributed by atoms with Gasteiger partial charge >= 0.3 is 0 Å². The standard InChI is InChI=1S/C14H14BrClS/c1-10-2-4-11(5-3-10)12(9-16)8-13-6-7-14(15)17-13/h2-7,12H,8-9H2,1H3. The van der Waals surface area contributed by atoms with E-state index in [0.717, 1.165) is 6.42 Å². The average molecular weight is 330 g/mol. The summed E-state index contributed by atoms with van der Waals surface area (Å²) in [5.74, 6) is 1.07. The van der Waals surface area contributed by atoms with Gasteiger partial charge in [0.1, 0.15) is 0 Å². The van der Waals surface area contributed by atoms with E-state index < -0.39 is 0 Å². The van der Waals surface area contributed by atoms with Crippen molar-refractivity contribution in [2.75, 3.05) is 5.88 Å². The Hall–Kier alpha value is -0.310. The van der Waals surface area contributed by atoms with E-state index in [1.807, 2.05) is 0 Å². The molecule has 0 bridgehead atoms. The van der Waals surface area contributed by atoms with Crippen molar-refractivity contribution in [1.29, 1.82) is 0 Å². The smallest absolute Gasteiger partial charge is 0.0701 e. The lowest BCUT2D eigenvalue weighted by molar-refractivity contribution is 0.776. The minimum atomic E-state index is 0.405. The molecule has 0 nitrogen and oxygen atoms in total. The molecule has 90 valence electrons. The van der Waals surface area contributed by atoms with Crippen LogP contribution >= 0.6 is 38.9 Å². The summed E-state index contributed by atoms with van der Waals surface area (Å²) in [5, 5.41) is 0. The van der Waals surface area contributed by atoms with Crippen molar-refractivity contribution in [3.63, 3.8) is 0 Å². The molecular formula is C14H14BrClS. The fourth-order valence-electron chi connectivity index (χ4n) is 1.80. The van der Waals surface area contributed by atoms with Crippen molar-refractivity contribution < 1.29 is 0 Å². The van der Waals surface area contributed by atoms with E-state index in [9.17, 15) is 0 Å². The van der Waals surface area contributed by atoms with Gasteiger partial charge in [-0.05, 0) is 47.0 Å². The third-order valence-corrected chi connectivity index (χ3v) is 4.83. The Morgan fingerprint density at radius 2 is 1.88 bits per heavy atom. The minimum absolute atomic E-state index is 0.405. The van der Waals surface area contributed by atoms with Crippen molar-refractivity contribution in [3.8, 4) is 0 Å². The fourth-order valence-corrected chi connectivity index (χ4v) is 3.65. The Labute approximate surface area is 120 Å². The zero-order chi connectivity index (χ0) is 12.3. The van der Waals surface area contributed by atoms with Crippen LogP contribution in [-0.2, 0) is 6.42 Å². The highest BCUT2D eigenvalue weighted by Crippen LogP contribution is 2.28. The fraction of sp³-hybridized carbons (Fsp3) is 0.286. The van der Waals surface area contributed by atoms with Gasteiger partial charge in [0.05, 0.1) is 3.79 Å². The maximum absolute atomic E-state index is 6.09. The molecule has 0 saturated heterocycles. The SMILES string of the molecule is Cc1ccc(C(CCl)Cc2ccc(Br)s2)cc1. The highest BCUT2D eigenvalue weighted by molar-refractivity contribution is 9.11. The Morgan fingerprint density at radius 1 is 1.18 bits per heavy atom. The van der Waals surface area contributed by atoms with E-state index in [0.29, 0.717) is 11.8 Å². The van der Waals surface area contributed by atoms with Crippen molar-refractivity contribution in [3.05, 3.63) is 56.2 Å². The molecule has 1 unspecified atom stereocenters. The van der Waals surface area contributed by atoms with Gasteiger partial charge in [-0.1, -0.05) is 29.8 Å². The molecule has 0 aliphatic carbocycles. The lowest BCUT2D eigenvalue weighted by Crippen LogP contribution is -2.03. The average Bonchev–Trinajstić information content (AvgIpc) is 2.73. The minimum Gasteiger partial charge on any atom is -0.133 e. The van der Waals surface area contributed by atoms with Crippen LogP contribution in [0.15, 0.2) is 40.2 Å². The maximum Gasteiger partial charge on any atom is 0.0701 e. The Bertz CT molecular complexity index is 475. The van der Waals surface area contributed by atoms with Crippen LogP contribution in [0.25, 0.3) is 0 Å². The molecule has 0 spiro atoms. The van der Waals surface area contributed by atoms with Gasteiger partial charge in [-0.2, -0.15) is 0 Å². The second kappa shape index (κ2) is 6.03. The van der Waals surface area contributed by atoms with Gasteiger partial charge in [0.2, 0.25) is 0 Å². The normalized spacial score (nSPS) is 12.6. The second-order valence-corrected chi connectivity index (χ2v) is 7.03. The van der Waals surface area contributed by atoms with Crippen LogP contribution in [0.1, 0.15) is 21.9 Å². The quantitative estimate of drug-likeness (QED) is 0.660. The lowest BCUT2D eigenvalue weighted by atomic mass is 9.96. The number of benzene rings is 1. The van der Waals surface area contributed by atoms with Crippen LogP contribution in [0, 0.1) is 6.92 Å². The van der Waals surface area contributed by atoms with Crippen LogP contribution in [-0.4, -0.2) is 5.88 Å². The van der Waals surface area contributed by atoms with E-state index in [-0.39, 0.29) is 0 Å². The number of halogens is 2. The molecule has 3 heteroatoms. The summed E-state index contributed by atoms with van der Waals surface area (Å²) in [6.07, 6.45) is 1.02. The highest BCUT2D eigenvalue weighted by Gasteiger charge is 2.12. The van der Waals surface area contributed by atoms with E-state index in [4.69, 9.17) is 11.6 Å². The number of alkyl halides is 1. The summed E-state index contributed by atoms with van der Waals surface area (Å²) < 4.78 is 1.18. The van der Waals surface area contributed by atoms with Crippen LogP contribution in [0.3, 0.4) is 0 Å². The molecule has 1 aromatic carbocycles. The van der Waals surface area contributed by atoms with E-state index in [1.54, 1.807) is 11.3 Å². The predicted molar refractivity (Wildman–Crippen MR) is 80.4 cm³/mol. The molecule has 2 rings (SSSR count). The van der Waals surface area contributed by atoms with Crippen LogP contribution in [0.4, 0.5) is 0 Å². The molecule has 0 saturated carbocycles. The molecule has 1 heterocycles. The molecule has 1 aromatic heterocycles. The van der Waals surface area contributed by atoms with E-state index in [1.165, 1.54) is 19.8 Å². The zero-order valence-electron chi connectivity index (χ0n) is 9.62. The van der Waals surface area contributed by atoms with Crippen molar-refractivity contribution in [2.45, 2.75) is 19.3 Å². The highest BCUT2D eigenvalue weighted by atomic mass is 79.9. The summed E-state index contributed by atoms with van der Waals surface area (Å²) in [4.78, 5) is 1.38. The first-order valence-corrected chi connectivity index (χ1v) is 7.70. The van der Waals surface area contributed by atoms with Gasteiger partial charge in [0.25, 0.3) is 0 Å². The molecule has 0 aliphatic rings. The molecule has 2 aromatic rings. The monoisotopic (exact) mass is 328 g/mol. The number of rotatable bonds is 4. The van der Waals surface area contributed by atoms with E-state index >= 15 is 0 Å². The Kier molecular flexibility index (Phi) is 4.66. The molecule has 0 radical (unpaired) electrons. The predicted octanol–water partition coefficient (Wildman–Crippen LogP) is 5.38. The molecule has 1 atom stereocenters. The maximum atomic E-state index is 6.09. The summed E-state index contributed by atoms with van der Waals surface area (Å²) >= 11 is 11.4. The number of aryl methyl sites for hydroxylation is 1. The first-order valence-electron chi connectivity index (χ1n) is 5.56. The molecule has 0 aliphatic heterocycles. The van der Waals surface area contributed by atoms with Crippen molar-refractivity contribution in [2.24, 2.45) is 0 Å². The molecular weight excluding hydrogens is 316 g/mol. The Balaban J connectivity index is 2.13. The Morgan fingerprint density at radius 3 is 2.41 bits per heavy atom. The third kappa shape index (κ3) is 3.57. The van der Waals surface area contributed by atoms with Crippen LogP contribution < -0.4 is 0 Å². The summed E-state index contributed by atoms with van der Waals surface area (Å²) in [6.45, 7) is 2.11. The summed E-state index contributed by atoms with van der Waals surface area (Å²) in [7, 11) is 0. The summed E-state index contributed by atoms with van der Waals surface area (Å²) in [5.41, 5.74) is 2.62. The topological polar surface area (TPSA) is 0 Å².